The molecule has 7 nitrogen and oxygen atoms in total. The fourth-order valence-electron chi connectivity index (χ4n) is 1.42. The molecule has 0 fully saturated rings. The summed E-state index contributed by atoms with van der Waals surface area (Å²) in [6, 6.07) is 0. The van der Waals surface area contributed by atoms with Gasteiger partial charge in [0, 0.05) is 30.7 Å². The molecule has 128 valence electrons. The van der Waals surface area contributed by atoms with Gasteiger partial charge in [-0.25, -0.2) is 0 Å². The van der Waals surface area contributed by atoms with Gasteiger partial charge in [-0.2, -0.15) is 12.6 Å². The summed E-state index contributed by atoms with van der Waals surface area (Å²) >= 11 is 6.92. The Kier molecular flexibility index (Phi) is 10.5. The average molecular weight is 399 g/mol. The van der Waals surface area contributed by atoms with E-state index in [0.717, 1.165) is 0 Å². The number of aliphatic hydroxyl groups is 1. The number of ether oxygens (including phenoxy) is 1. The standard InChI is InChI=1S/C13H23BrN2O5S/c1-13(2,8-21-10(18)7-14)11(19)12(20)16-4-3-9(17)15-5-6-22/h11,19,22H,3-8H2,1-2H3,(H,15,17)(H,16,20). The van der Waals surface area contributed by atoms with Gasteiger partial charge in [-0.3, -0.25) is 14.4 Å². The van der Waals surface area contributed by atoms with Gasteiger partial charge >= 0.3 is 5.97 Å². The molecule has 0 aliphatic carbocycles. The summed E-state index contributed by atoms with van der Waals surface area (Å²) in [7, 11) is 0. The van der Waals surface area contributed by atoms with Crippen molar-refractivity contribution in [2.75, 3.05) is 30.8 Å². The molecule has 0 radical (unpaired) electrons. The van der Waals surface area contributed by atoms with Crippen LogP contribution in [0.4, 0.5) is 0 Å². The van der Waals surface area contributed by atoms with E-state index in [9.17, 15) is 19.5 Å². The fraction of sp³-hybridized carbons (Fsp3) is 0.769. The number of nitrogens with one attached hydrogen (secondary N) is 2. The predicted octanol–water partition coefficient (Wildman–Crippen LogP) is -0.136. The molecule has 3 N–H and O–H groups in total. The van der Waals surface area contributed by atoms with Gasteiger partial charge in [0.2, 0.25) is 11.8 Å². The van der Waals surface area contributed by atoms with Crippen LogP contribution in [0.1, 0.15) is 20.3 Å². The molecule has 0 aliphatic rings. The smallest absolute Gasteiger partial charge is 0.316 e. The number of carbonyl (C=O) groups excluding carboxylic acids is 3. The zero-order chi connectivity index (χ0) is 17.2. The van der Waals surface area contributed by atoms with E-state index in [0.29, 0.717) is 12.3 Å². The van der Waals surface area contributed by atoms with Gasteiger partial charge < -0.3 is 20.5 Å². The van der Waals surface area contributed by atoms with E-state index in [-0.39, 0.29) is 30.8 Å². The minimum absolute atomic E-state index is 0.0484. The van der Waals surface area contributed by atoms with Crippen LogP contribution in [0, 0.1) is 5.41 Å². The highest BCUT2D eigenvalue weighted by Crippen LogP contribution is 2.21. The first-order valence-electron chi connectivity index (χ1n) is 6.79. The van der Waals surface area contributed by atoms with Crippen LogP contribution < -0.4 is 10.6 Å². The van der Waals surface area contributed by atoms with Crippen molar-refractivity contribution in [2.45, 2.75) is 26.4 Å². The Morgan fingerprint density at radius 2 is 1.91 bits per heavy atom. The van der Waals surface area contributed by atoms with Crippen molar-refractivity contribution in [1.82, 2.24) is 10.6 Å². The Labute approximate surface area is 144 Å². The largest absolute Gasteiger partial charge is 0.464 e. The summed E-state index contributed by atoms with van der Waals surface area (Å²) in [5.74, 6) is -0.740. The van der Waals surface area contributed by atoms with Crippen LogP contribution in [0.5, 0.6) is 0 Å². The number of alkyl halides is 1. The number of rotatable bonds is 10. The average Bonchev–Trinajstić information content (AvgIpc) is 2.49. The van der Waals surface area contributed by atoms with E-state index in [2.05, 4.69) is 39.2 Å². The van der Waals surface area contributed by atoms with Crippen molar-refractivity contribution in [3.63, 3.8) is 0 Å². The van der Waals surface area contributed by atoms with Crippen molar-refractivity contribution in [3.8, 4) is 0 Å². The normalized spacial score (nSPS) is 12.4. The third-order valence-electron chi connectivity index (χ3n) is 2.79. The van der Waals surface area contributed by atoms with E-state index < -0.39 is 23.4 Å². The van der Waals surface area contributed by atoms with E-state index >= 15 is 0 Å². The second-order valence-electron chi connectivity index (χ2n) is 5.30. The Hall–Kier alpha value is -0.800. The maximum absolute atomic E-state index is 11.8. The van der Waals surface area contributed by atoms with Gasteiger partial charge in [0.15, 0.2) is 0 Å². The molecule has 22 heavy (non-hydrogen) atoms. The number of thiol groups is 1. The summed E-state index contributed by atoms with van der Waals surface area (Å²) < 4.78 is 4.92. The molecule has 0 aromatic carbocycles. The lowest BCUT2D eigenvalue weighted by Gasteiger charge is -2.28. The Bertz CT molecular complexity index is 393. The summed E-state index contributed by atoms with van der Waals surface area (Å²) in [4.78, 5) is 34.3. The molecule has 0 aliphatic heterocycles. The first-order chi connectivity index (χ1) is 10.2. The van der Waals surface area contributed by atoms with Gasteiger partial charge in [-0.05, 0) is 0 Å². The Morgan fingerprint density at radius 3 is 2.45 bits per heavy atom. The summed E-state index contributed by atoms with van der Waals surface area (Å²) in [5, 5.41) is 15.2. The number of halogens is 1. The zero-order valence-corrected chi connectivity index (χ0v) is 15.2. The van der Waals surface area contributed by atoms with Crippen molar-refractivity contribution < 1.29 is 24.2 Å². The molecule has 0 saturated carbocycles. The van der Waals surface area contributed by atoms with E-state index in [1.54, 1.807) is 13.8 Å². The summed E-state index contributed by atoms with van der Waals surface area (Å²) in [6.45, 7) is 3.71. The lowest BCUT2D eigenvalue weighted by molar-refractivity contribution is -0.150. The maximum atomic E-state index is 11.8. The molecule has 0 aromatic rings. The summed E-state index contributed by atoms with van der Waals surface area (Å²) in [5.41, 5.74) is -0.934. The molecular formula is C13H23BrN2O5S. The van der Waals surface area contributed by atoms with E-state index in [1.165, 1.54) is 0 Å². The quantitative estimate of drug-likeness (QED) is 0.233. The molecule has 0 bridgehead atoms. The van der Waals surface area contributed by atoms with Gasteiger partial charge in [-0.15, -0.1) is 0 Å². The minimum Gasteiger partial charge on any atom is -0.464 e. The van der Waals surface area contributed by atoms with Gasteiger partial charge in [0.1, 0.15) is 11.4 Å². The van der Waals surface area contributed by atoms with Crippen LogP contribution in [-0.2, 0) is 19.1 Å². The molecule has 1 atom stereocenters. The first kappa shape index (κ1) is 21.2. The van der Waals surface area contributed by atoms with Crippen molar-refractivity contribution in [3.05, 3.63) is 0 Å². The van der Waals surface area contributed by atoms with Crippen LogP contribution in [0.2, 0.25) is 0 Å². The second kappa shape index (κ2) is 10.8. The molecule has 0 aromatic heterocycles. The second-order valence-corrected chi connectivity index (χ2v) is 6.31. The lowest BCUT2D eigenvalue weighted by atomic mass is 9.87. The predicted molar refractivity (Wildman–Crippen MR) is 89.0 cm³/mol. The fourth-order valence-corrected chi connectivity index (χ4v) is 1.69. The third-order valence-corrected chi connectivity index (χ3v) is 3.47. The highest BCUT2D eigenvalue weighted by molar-refractivity contribution is 9.09. The van der Waals surface area contributed by atoms with Crippen LogP contribution in [0.15, 0.2) is 0 Å². The topological polar surface area (TPSA) is 105 Å². The van der Waals surface area contributed by atoms with Crippen LogP contribution in [0.3, 0.4) is 0 Å². The van der Waals surface area contributed by atoms with Crippen molar-refractivity contribution in [2.24, 2.45) is 5.41 Å². The molecule has 9 heteroatoms. The van der Waals surface area contributed by atoms with Crippen LogP contribution in [-0.4, -0.2) is 59.8 Å². The molecule has 0 heterocycles. The SMILES string of the molecule is CC(C)(COC(=O)CBr)C(O)C(=O)NCCC(=O)NCCS. The number of esters is 1. The van der Waals surface area contributed by atoms with Gasteiger partial charge in [-0.1, -0.05) is 29.8 Å². The number of carbonyl (C=O) groups is 3. The minimum atomic E-state index is -1.35. The van der Waals surface area contributed by atoms with E-state index in [1.807, 2.05) is 0 Å². The molecule has 0 rings (SSSR count). The first-order valence-corrected chi connectivity index (χ1v) is 8.55. The molecule has 1 unspecified atom stereocenters. The van der Waals surface area contributed by atoms with E-state index in [4.69, 9.17) is 4.74 Å². The molecule has 0 spiro atoms. The van der Waals surface area contributed by atoms with Crippen molar-refractivity contribution >= 4 is 46.3 Å². The van der Waals surface area contributed by atoms with Crippen molar-refractivity contribution in [1.29, 1.82) is 0 Å². The summed E-state index contributed by atoms with van der Waals surface area (Å²) in [6.07, 6.45) is -1.23. The molecule has 0 saturated heterocycles. The highest BCUT2D eigenvalue weighted by Gasteiger charge is 2.34. The number of aliphatic hydroxyl groups excluding tert-OH is 1. The number of hydrogen-bond donors (Lipinski definition) is 4. The van der Waals surface area contributed by atoms with Gasteiger partial charge in [0.25, 0.3) is 0 Å². The molecular weight excluding hydrogens is 376 g/mol. The third kappa shape index (κ3) is 8.60. The lowest BCUT2D eigenvalue weighted by Crippen LogP contribution is -2.47. The monoisotopic (exact) mass is 398 g/mol. The number of amides is 2. The van der Waals surface area contributed by atoms with Crippen LogP contribution >= 0.6 is 28.6 Å². The highest BCUT2D eigenvalue weighted by atomic mass is 79.9. The molecule has 2 amide bonds. The number of hydrogen-bond acceptors (Lipinski definition) is 6. The Morgan fingerprint density at radius 1 is 1.27 bits per heavy atom. The maximum Gasteiger partial charge on any atom is 0.316 e. The Balaban J connectivity index is 4.18. The zero-order valence-electron chi connectivity index (χ0n) is 12.7. The van der Waals surface area contributed by atoms with Gasteiger partial charge in [0.05, 0.1) is 6.61 Å². The van der Waals surface area contributed by atoms with Crippen LogP contribution in [0.25, 0.3) is 0 Å².